The number of ether oxygens (including phenoxy) is 3. The Kier molecular flexibility index (Phi) is 63.3. The number of hydrogen-bond donors (Lipinski definition) is 0. The molecule has 0 N–H and O–H groups in total. The van der Waals surface area contributed by atoms with Gasteiger partial charge in [0.05, 0.1) is 0 Å². The molecule has 0 aromatic rings. The number of rotatable bonds is 60. The maximum atomic E-state index is 12.9. The van der Waals surface area contributed by atoms with Crippen molar-refractivity contribution in [2.45, 2.75) is 322 Å². The summed E-state index contributed by atoms with van der Waals surface area (Å²) < 4.78 is 16.9. The molecule has 0 bridgehead atoms. The van der Waals surface area contributed by atoms with Crippen LogP contribution in [0.25, 0.3) is 0 Å². The monoisotopic (exact) mass is 1100 g/mol. The van der Waals surface area contributed by atoms with Gasteiger partial charge in [0.25, 0.3) is 0 Å². The van der Waals surface area contributed by atoms with E-state index in [4.69, 9.17) is 14.2 Å². The van der Waals surface area contributed by atoms with Gasteiger partial charge in [-0.05, 0) is 103 Å². The molecule has 6 heteroatoms. The average Bonchev–Trinajstić information content (AvgIpc) is 3.45. The van der Waals surface area contributed by atoms with Gasteiger partial charge in [-0.2, -0.15) is 0 Å². The van der Waals surface area contributed by atoms with E-state index in [1.807, 2.05) is 0 Å². The standard InChI is InChI=1S/C73H124O6/c1-4-7-10-13-16-19-22-24-26-28-30-31-32-33-34-35-36-37-38-39-40-41-43-44-46-48-51-54-57-60-63-66-72(75)78-69-70(68-77-71(74)65-62-59-56-53-50-21-18-15-12-9-6-3)79-73(76)67-64-61-58-55-52-49-47-45-42-29-27-25-23-20-17-14-11-8-5-2/h7,10,15-16,18-19,24,26,30-31,33-34,36-37,39-40,43-44,70H,4-6,8-9,11-14,17,20-23,25,27-29,32,35,38,41-42,45-69H2,1-3H3/b10-7-,18-15-,19-16-,26-24-,31-30-,34-33-,37-36-,40-39-,44-43-. The first-order chi connectivity index (χ1) is 39.0. The molecular formula is C73H124O6. The fourth-order valence-corrected chi connectivity index (χ4v) is 9.26. The minimum absolute atomic E-state index is 0.0849. The van der Waals surface area contributed by atoms with Gasteiger partial charge in [0.2, 0.25) is 0 Å². The van der Waals surface area contributed by atoms with Gasteiger partial charge in [-0.3, -0.25) is 14.4 Å². The first kappa shape index (κ1) is 75.1. The predicted molar refractivity (Wildman–Crippen MR) is 343 cm³/mol. The topological polar surface area (TPSA) is 78.9 Å². The van der Waals surface area contributed by atoms with E-state index in [9.17, 15) is 14.4 Å². The van der Waals surface area contributed by atoms with Crippen molar-refractivity contribution in [2.24, 2.45) is 0 Å². The summed E-state index contributed by atoms with van der Waals surface area (Å²) in [6, 6.07) is 0. The third kappa shape index (κ3) is 64.8. The Morgan fingerprint density at radius 3 is 0.823 bits per heavy atom. The van der Waals surface area contributed by atoms with Gasteiger partial charge in [0, 0.05) is 19.3 Å². The zero-order valence-corrected chi connectivity index (χ0v) is 51.9. The molecule has 6 nitrogen and oxygen atoms in total. The van der Waals surface area contributed by atoms with Crippen LogP contribution in [0.4, 0.5) is 0 Å². The van der Waals surface area contributed by atoms with Gasteiger partial charge in [0.15, 0.2) is 6.10 Å². The van der Waals surface area contributed by atoms with Crippen LogP contribution < -0.4 is 0 Å². The SMILES string of the molecule is CC/C=C\C/C=C\C/C=C\C/C=C\C/C=C\C/C=C\C/C=C\C/C=C\CCCCCCCCC(=O)OCC(COC(=O)CCCCCCC/C=C\CCCC)OC(=O)CCCCCCCCCCCCCCCCCCCCC. The molecule has 0 rings (SSSR count). The average molecular weight is 1100 g/mol. The lowest BCUT2D eigenvalue weighted by Gasteiger charge is -2.18. The third-order valence-electron chi connectivity index (χ3n) is 14.3. The Morgan fingerprint density at radius 1 is 0.266 bits per heavy atom. The highest BCUT2D eigenvalue weighted by molar-refractivity contribution is 5.71. The number of allylic oxidation sites excluding steroid dienone is 18. The van der Waals surface area contributed by atoms with Crippen LogP contribution >= 0.6 is 0 Å². The Morgan fingerprint density at radius 2 is 0.506 bits per heavy atom. The van der Waals surface area contributed by atoms with E-state index in [0.29, 0.717) is 19.3 Å². The molecule has 452 valence electrons. The molecule has 0 heterocycles. The van der Waals surface area contributed by atoms with Crippen LogP contribution in [-0.4, -0.2) is 37.2 Å². The second kappa shape index (κ2) is 66.6. The molecule has 0 saturated heterocycles. The Labute approximate surface area is 489 Å². The second-order valence-corrected chi connectivity index (χ2v) is 22.0. The van der Waals surface area contributed by atoms with Crippen molar-refractivity contribution in [2.75, 3.05) is 13.2 Å². The van der Waals surface area contributed by atoms with Crippen LogP contribution in [-0.2, 0) is 28.6 Å². The minimum Gasteiger partial charge on any atom is -0.462 e. The van der Waals surface area contributed by atoms with Crippen LogP contribution in [0.1, 0.15) is 316 Å². The lowest BCUT2D eigenvalue weighted by Crippen LogP contribution is -2.30. The third-order valence-corrected chi connectivity index (χ3v) is 14.3. The molecule has 1 atom stereocenters. The van der Waals surface area contributed by atoms with Crippen molar-refractivity contribution >= 4 is 17.9 Å². The summed E-state index contributed by atoms with van der Waals surface area (Å²) in [5.41, 5.74) is 0. The number of hydrogen-bond acceptors (Lipinski definition) is 6. The van der Waals surface area contributed by atoms with Gasteiger partial charge in [-0.1, -0.05) is 304 Å². The quantitative estimate of drug-likeness (QED) is 0.0261. The highest BCUT2D eigenvalue weighted by Gasteiger charge is 2.19. The van der Waals surface area contributed by atoms with Crippen molar-refractivity contribution < 1.29 is 28.6 Å². The van der Waals surface area contributed by atoms with Crippen LogP contribution in [0.2, 0.25) is 0 Å². The van der Waals surface area contributed by atoms with Crippen molar-refractivity contribution in [3.8, 4) is 0 Å². The number of unbranched alkanes of at least 4 members (excludes halogenated alkanes) is 31. The normalized spacial score (nSPS) is 12.8. The first-order valence-electron chi connectivity index (χ1n) is 33.4. The lowest BCUT2D eigenvalue weighted by molar-refractivity contribution is -0.167. The number of carbonyl (C=O) groups excluding carboxylic acids is 3. The molecule has 0 aliphatic rings. The molecule has 0 aliphatic heterocycles. The van der Waals surface area contributed by atoms with E-state index in [1.165, 1.54) is 148 Å². The summed E-state index contributed by atoms with van der Waals surface area (Å²) in [4.78, 5) is 38.3. The summed E-state index contributed by atoms with van der Waals surface area (Å²) in [5, 5.41) is 0. The van der Waals surface area contributed by atoms with E-state index < -0.39 is 6.10 Å². The van der Waals surface area contributed by atoms with Gasteiger partial charge >= 0.3 is 17.9 Å². The maximum absolute atomic E-state index is 12.9. The Balaban J connectivity index is 4.28. The van der Waals surface area contributed by atoms with Crippen molar-refractivity contribution in [3.05, 3.63) is 109 Å². The summed E-state index contributed by atoms with van der Waals surface area (Å²) >= 11 is 0. The molecule has 0 fully saturated rings. The molecule has 0 aliphatic carbocycles. The van der Waals surface area contributed by atoms with Gasteiger partial charge in [0.1, 0.15) is 13.2 Å². The van der Waals surface area contributed by atoms with Crippen LogP contribution in [0.3, 0.4) is 0 Å². The van der Waals surface area contributed by atoms with Crippen LogP contribution in [0, 0.1) is 0 Å². The smallest absolute Gasteiger partial charge is 0.306 e. The highest BCUT2D eigenvalue weighted by Crippen LogP contribution is 2.17. The zero-order valence-electron chi connectivity index (χ0n) is 51.9. The van der Waals surface area contributed by atoms with Crippen molar-refractivity contribution in [3.63, 3.8) is 0 Å². The summed E-state index contributed by atoms with van der Waals surface area (Å²) in [6.45, 7) is 6.50. The molecule has 1 unspecified atom stereocenters. The van der Waals surface area contributed by atoms with Crippen LogP contribution in [0.5, 0.6) is 0 Å². The van der Waals surface area contributed by atoms with Gasteiger partial charge in [-0.25, -0.2) is 0 Å². The fraction of sp³-hybridized carbons (Fsp3) is 0.712. The predicted octanol–water partition coefficient (Wildman–Crippen LogP) is 23.0. The van der Waals surface area contributed by atoms with E-state index in [1.54, 1.807) is 0 Å². The summed E-state index contributed by atoms with van der Waals surface area (Å²) in [6.07, 6.45) is 91.0. The van der Waals surface area contributed by atoms with E-state index in [-0.39, 0.29) is 31.1 Å². The molecule has 79 heavy (non-hydrogen) atoms. The van der Waals surface area contributed by atoms with Gasteiger partial charge in [-0.15, -0.1) is 0 Å². The summed E-state index contributed by atoms with van der Waals surface area (Å²) in [7, 11) is 0. The van der Waals surface area contributed by atoms with E-state index in [0.717, 1.165) is 128 Å². The molecule has 0 spiro atoms. The molecule has 0 aromatic heterocycles. The van der Waals surface area contributed by atoms with Crippen LogP contribution in [0.15, 0.2) is 109 Å². The molecular weight excluding hydrogens is 973 g/mol. The van der Waals surface area contributed by atoms with Gasteiger partial charge < -0.3 is 14.2 Å². The molecule has 0 amide bonds. The largest absolute Gasteiger partial charge is 0.462 e. The van der Waals surface area contributed by atoms with E-state index >= 15 is 0 Å². The summed E-state index contributed by atoms with van der Waals surface area (Å²) in [5.74, 6) is -0.898. The number of carbonyl (C=O) groups is 3. The van der Waals surface area contributed by atoms with Crippen molar-refractivity contribution in [1.82, 2.24) is 0 Å². The second-order valence-electron chi connectivity index (χ2n) is 22.0. The highest BCUT2D eigenvalue weighted by atomic mass is 16.6. The molecule has 0 saturated carbocycles. The Bertz CT molecular complexity index is 1590. The molecule has 0 radical (unpaired) electrons. The zero-order chi connectivity index (χ0) is 57.1. The van der Waals surface area contributed by atoms with Crippen molar-refractivity contribution in [1.29, 1.82) is 0 Å². The maximum Gasteiger partial charge on any atom is 0.306 e. The Hall–Kier alpha value is -3.93. The molecule has 0 aromatic carbocycles. The van der Waals surface area contributed by atoms with E-state index in [2.05, 4.69) is 130 Å². The fourth-order valence-electron chi connectivity index (χ4n) is 9.26. The number of esters is 3. The first-order valence-corrected chi connectivity index (χ1v) is 33.4. The minimum atomic E-state index is -0.787. The lowest BCUT2D eigenvalue weighted by atomic mass is 10.0.